The average Bonchev–Trinajstić information content (AvgIpc) is 2.40. The fourth-order valence-corrected chi connectivity index (χ4v) is 2.31. The predicted molar refractivity (Wildman–Crippen MR) is 77.7 cm³/mol. The molecule has 0 aromatic heterocycles. The number of aryl methyl sites for hydroxylation is 1. The topological polar surface area (TPSA) is 41.1 Å². The van der Waals surface area contributed by atoms with Gasteiger partial charge in [-0.25, -0.2) is 0 Å². The van der Waals surface area contributed by atoms with E-state index in [1.165, 1.54) is 19.1 Å². The van der Waals surface area contributed by atoms with E-state index in [2.05, 4.69) is 10.6 Å². The molecule has 0 radical (unpaired) electrons. The van der Waals surface area contributed by atoms with E-state index < -0.39 is 11.7 Å². The highest BCUT2D eigenvalue weighted by atomic mass is 35.5. The summed E-state index contributed by atoms with van der Waals surface area (Å²) in [4.78, 5) is 12.0. The number of rotatable bonds is 2. The molecule has 3 nitrogen and oxygen atoms in total. The second kappa shape index (κ2) is 7.13. The van der Waals surface area contributed by atoms with Gasteiger partial charge in [-0.2, -0.15) is 13.2 Å². The molecule has 1 amide bonds. The third kappa shape index (κ3) is 4.61. The Morgan fingerprint density at radius 3 is 2.62 bits per heavy atom. The predicted octanol–water partition coefficient (Wildman–Crippen LogP) is 3.52. The molecule has 1 aliphatic rings. The van der Waals surface area contributed by atoms with Crippen LogP contribution in [-0.4, -0.2) is 18.5 Å². The van der Waals surface area contributed by atoms with Crippen molar-refractivity contribution in [3.8, 4) is 0 Å². The molecule has 7 heteroatoms. The lowest BCUT2D eigenvalue weighted by molar-refractivity contribution is -0.138. The largest absolute Gasteiger partial charge is 0.416 e. The molecule has 1 atom stereocenters. The van der Waals surface area contributed by atoms with Crippen molar-refractivity contribution in [1.82, 2.24) is 5.32 Å². The first-order chi connectivity index (χ1) is 9.38. The first-order valence-corrected chi connectivity index (χ1v) is 6.60. The van der Waals surface area contributed by atoms with Gasteiger partial charge < -0.3 is 10.6 Å². The molecule has 1 fully saturated rings. The van der Waals surface area contributed by atoms with E-state index in [4.69, 9.17) is 0 Å². The van der Waals surface area contributed by atoms with Gasteiger partial charge in [0.05, 0.1) is 11.6 Å². The number of amides is 1. The molecule has 0 unspecified atom stereocenters. The second-order valence-corrected chi connectivity index (χ2v) is 5.02. The summed E-state index contributed by atoms with van der Waals surface area (Å²) < 4.78 is 38.4. The number of nitrogens with one attached hydrogen (secondary N) is 2. The third-order valence-corrected chi connectivity index (χ3v) is 3.44. The van der Waals surface area contributed by atoms with Crippen molar-refractivity contribution in [3.05, 3.63) is 29.3 Å². The molecule has 0 spiro atoms. The van der Waals surface area contributed by atoms with Crippen LogP contribution in [0.4, 0.5) is 18.9 Å². The molecule has 1 aromatic rings. The summed E-state index contributed by atoms with van der Waals surface area (Å²) in [6.45, 7) is 2.16. The molecule has 0 saturated carbocycles. The Kier molecular flexibility index (Phi) is 6.04. The van der Waals surface area contributed by atoms with Gasteiger partial charge in [0, 0.05) is 5.69 Å². The lowest BCUT2D eigenvalue weighted by Crippen LogP contribution is -2.43. The first-order valence-electron chi connectivity index (χ1n) is 6.60. The number of benzene rings is 1. The van der Waals surface area contributed by atoms with Gasteiger partial charge in [-0.15, -0.1) is 12.4 Å². The Labute approximate surface area is 127 Å². The van der Waals surface area contributed by atoms with E-state index in [0.717, 1.165) is 25.5 Å². The van der Waals surface area contributed by atoms with Gasteiger partial charge in [-0.3, -0.25) is 4.79 Å². The molecule has 21 heavy (non-hydrogen) atoms. The number of hydrogen-bond donors (Lipinski definition) is 2. The molecule has 2 N–H and O–H groups in total. The van der Waals surface area contributed by atoms with Crippen LogP contribution in [0.25, 0.3) is 0 Å². The quantitative estimate of drug-likeness (QED) is 0.874. The van der Waals surface area contributed by atoms with Gasteiger partial charge in [-0.05, 0) is 44.0 Å². The van der Waals surface area contributed by atoms with Crippen molar-refractivity contribution in [2.75, 3.05) is 11.9 Å². The minimum atomic E-state index is -4.41. The van der Waals surface area contributed by atoms with Crippen LogP contribution < -0.4 is 10.6 Å². The van der Waals surface area contributed by atoms with Crippen molar-refractivity contribution in [3.63, 3.8) is 0 Å². The second-order valence-electron chi connectivity index (χ2n) is 5.02. The third-order valence-electron chi connectivity index (χ3n) is 3.44. The summed E-state index contributed by atoms with van der Waals surface area (Å²) in [5, 5.41) is 5.61. The van der Waals surface area contributed by atoms with Crippen LogP contribution >= 0.6 is 12.4 Å². The van der Waals surface area contributed by atoms with Crippen molar-refractivity contribution in [2.45, 2.75) is 38.4 Å². The van der Waals surface area contributed by atoms with Crippen LogP contribution in [0, 0.1) is 6.92 Å². The summed E-state index contributed by atoms with van der Waals surface area (Å²) >= 11 is 0. The van der Waals surface area contributed by atoms with Crippen LogP contribution in [0.3, 0.4) is 0 Å². The zero-order valence-electron chi connectivity index (χ0n) is 11.6. The van der Waals surface area contributed by atoms with Gasteiger partial charge >= 0.3 is 6.18 Å². The lowest BCUT2D eigenvalue weighted by atomic mass is 10.0. The number of halogens is 4. The van der Waals surface area contributed by atoms with E-state index in [1.807, 2.05) is 0 Å². The van der Waals surface area contributed by atoms with Crippen molar-refractivity contribution in [2.24, 2.45) is 0 Å². The molecule has 2 rings (SSSR count). The van der Waals surface area contributed by atoms with E-state index in [9.17, 15) is 18.0 Å². The minimum absolute atomic E-state index is 0. The Hall–Kier alpha value is -1.27. The lowest BCUT2D eigenvalue weighted by Gasteiger charge is -2.22. The monoisotopic (exact) mass is 322 g/mol. The van der Waals surface area contributed by atoms with Crippen molar-refractivity contribution >= 4 is 24.0 Å². The number of carbonyl (C=O) groups excluding carboxylic acids is 1. The first kappa shape index (κ1) is 17.8. The van der Waals surface area contributed by atoms with Crippen molar-refractivity contribution in [1.29, 1.82) is 0 Å². The fraction of sp³-hybridized carbons (Fsp3) is 0.500. The fourth-order valence-electron chi connectivity index (χ4n) is 2.31. The number of piperidine rings is 1. The highest BCUT2D eigenvalue weighted by molar-refractivity contribution is 5.95. The maximum Gasteiger partial charge on any atom is 0.416 e. The summed E-state index contributed by atoms with van der Waals surface area (Å²) in [5.74, 6) is -0.276. The number of anilines is 1. The number of alkyl halides is 3. The SMILES string of the molecule is Cc1ccc(NC(=O)[C@@H]2CCCCN2)cc1C(F)(F)F.Cl. The Morgan fingerprint density at radius 1 is 1.33 bits per heavy atom. The van der Waals surface area contributed by atoms with Crippen LogP contribution in [0.1, 0.15) is 30.4 Å². The zero-order valence-corrected chi connectivity index (χ0v) is 12.4. The highest BCUT2D eigenvalue weighted by Gasteiger charge is 2.32. The minimum Gasteiger partial charge on any atom is -0.325 e. The molecular weight excluding hydrogens is 305 g/mol. The molecule has 118 valence electrons. The molecule has 1 heterocycles. The molecule has 1 saturated heterocycles. The van der Waals surface area contributed by atoms with Crippen LogP contribution in [-0.2, 0) is 11.0 Å². The molecular formula is C14H18ClF3N2O. The van der Waals surface area contributed by atoms with E-state index >= 15 is 0 Å². The van der Waals surface area contributed by atoms with E-state index in [1.54, 1.807) is 0 Å². The van der Waals surface area contributed by atoms with Gasteiger partial charge in [0.2, 0.25) is 5.91 Å². The van der Waals surface area contributed by atoms with Crippen LogP contribution in [0.15, 0.2) is 18.2 Å². The van der Waals surface area contributed by atoms with Crippen LogP contribution in [0.2, 0.25) is 0 Å². The van der Waals surface area contributed by atoms with Gasteiger partial charge in [0.1, 0.15) is 0 Å². The van der Waals surface area contributed by atoms with E-state index in [-0.39, 0.29) is 35.6 Å². The standard InChI is InChI=1S/C14H17F3N2O.ClH/c1-9-5-6-10(8-11(9)14(15,16)17)19-13(20)12-4-2-3-7-18-12;/h5-6,8,12,18H,2-4,7H2,1H3,(H,19,20);1H/t12-;/m0./s1. The maximum atomic E-state index is 12.8. The molecule has 0 aliphatic carbocycles. The van der Waals surface area contributed by atoms with Crippen LogP contribution in [0.5, 0.6) is 0 Å². The van der Waals surface area contributed by atoms with Gasteiger partial charge in [0.25, 0.3) is 0 Å². The number of hydrogen-bond acceptors (Lipinski definition) is 2. The summed E-state index contributed by atoms with van der Waals surface area (Å²) in [7, 11) is 0. The molecule has 0 bridgehead atoms. The van der Waals surface area contributed by atoms with E-state index in [0.29, 0.717) is 6.42 Å². The zero-order chi connectivity index (χ0) is 14.8. The van der Waals surface area contributed by atoms with Crippen molar-refractivity contribution < 1.29 is 18.0 Å². The summed E-state index contributed by atoms with van der Waals surface area (Å²) in [6.07, 6.45) is -1.73. The Morgan fingerprint density at radius 2 is 2.05 bits per heavy atom. The Bertz CT molecular complexity index is 499. The highest BCUT2D eigenvalue weighted by Crippen LogP contribution is 2.33. The maximum absolute atomic E-state index is 12.8. The summed E-state index contributed by atoms with van der Waals surface area (Å²) in [6, 6.07) is 3.52. The summed E-state index contributed by atoms with van der Waals surface area (Å²) in [5.41, 5.74) is -0.390. The van der Waals surface area contributed by atoms with Gasteiger partial charge in [0.15, 0.2) is 0 Å². The Balaban J connectivity index is 0.00000220. The molecule has 1 aromatic carbocycles. The molecule has 1 aliphatic heterocycles. The smallest absolute Gasteiger partial charge is 0.325 e. The average molecular weight is 323 g/mol. The van der Waals surface area contributed by atoms with Gasteiger partial charge in [-0.1, -0.05) is 12.5 Å². The normalized spacial score (nSPS) is 18.8. The number of carbonyl (C=O) groups is 1.